The molecule has 1 unspecified atom stereocenters. The Kier molecular flexibility index (Phi) is 6.75. The lowest BCUT2D eigenvalue weighted by Gasteiger charge is -2.05. The Bertz CT molecular complexity index is 162. The number of halogens is 1. The quantitative estimate of drug-likeness (QED) is 0.582. The molecule has 0 saturated heterocycles. The van der Waals surface area contributed by atoms with Crippen LogP contribution in [-0.2, 0) is 0 Å². The van der Waals surface area contributed by atoms with Crippen molar-refractivity contribution in [2.45, 2.75) is 4.71 Å². The highest BCUT2D eigenvalue weighted by atomic mass is 35.5. The molecule has 0 spiro atoms. The van der Waals surface area contributed by atoms with Gasteiger partial charge in [0.2, 0.25) is 0 Å². The molecule has 0 fully saturated rings. The second kappa shape index (κ2) is 6.30. The lowest BCUT2D eigenvalue weighted by Crippen LogP contribution is -2.11. The smallest absolute Gasteiger partial charge is 0.132 e. The van der Waals surface area contributed by atoms with Gasteiger partial charge < -0.3 is 11.5 Å². The van der Waals surface area contributed by atoms with Crippen molar-refractivity contribution in [3.63, 3.8) is 0 Å². The van der Waals surface area contributed by atoms with Crippen LogP contribution in [0.2, 0.25) is 0 Å². The largest absolute Gasteiger partial charge is 0.385 e. The van der Waals surface area contributed by atoms with E-state index in [0.717, 1.165) is 0 Å². The van der Waals surface area contributed by atoms with Gasteiger partial charge in [0.15, 0.2) is 0 Å². The summed E-state index contributed by atoms with van der Waals surface area (Å²) in [7, 11) is 0. The Morgan fingerprint density at radius 1 is 1.36 bits per heavy atom. The molecule has 0 aromatic rings. The zero-order valence-corrected chi connectivity index (χ0v) is 9.47. The molecular formula is C4H7ClN2S4. The molecule has 2 nitrogen and oxygen atoms in total. The van der Waals surface area contributed by atoms with E-state index < -0.39 is 0 Å². The zero-order valence-electron chi connectivity index (χ0n) is 5.45. The van der Waals surface area contributed by atoms with Crippen molar-refractivity contribution in [2.24, 2.45) is 11.5 Å². The first-order valence-corrected chi connectivity index (χ1v) is 5.66. The normalized spacial score (nSPS) is 12.5. The van der Waals surface area contributed by atoms with Crippen molar-refractivity contribution < 1.29 is 0 Å². The second-order valence-corrected chi connectivity index (χ2v) is 5.97. The molecule has 7 heteroatoms. The standard InChI is InChI=1S/C4H7ClN2S4/c5-2(11-4(7)9)1-10-3(6)8/h2H,1H2,(H2,6,8)(H2,7,9). The van der Waals surface area contributed by atoms with Crippen molar-refractivity contribution >= 4 is 68.2 Å². The minimum Gasteiger partial charge on any atom is -0.385 e. The fraction of sp³-hybridized carbons (Fsp3) is 0.500. The third kappa shape index (κ3) is 8.68. The number of hydrogen-bond donors (Lipinski definition) is 2. The molecule has 64 valence electrons. The molecule has 0 aromatic heterocycles. The number of hydrogen-bond acceptors (Lipinski definition) is 4. The summed E-state index contributed by atoms with van der Waals surface area (Å²) in [5, 5.41) is 0. The Morgan fingerprint density at radius 3 is 2.27 bits per heavy atom. The molecule has 11 heavy (non-hydrogen) atoms. The van der Waals surface area contributed by atoms with Crippen LogP contribution >= 0.6 is 59.6 Å². The van der Waals surface area contributed by atoms with Gasteiger partial charge >= 0.3 is 0 Å². The van der Waals surface area contributed by atoms with Gasteiger partial charge in [0.1, 0.15) is 8.64 Å². The van der Waals surface area contributed by atoms with Crippen molar-refractivity contribution in [3.05, 3.63) is 0 Å². The first kappa shape index (κ1) is 11.8. The maximum atomic E-state index is 5.78. The first-order chi connectivity index (χ1) is 5.02. The molecule has 0 saturated carbocycles. The highest BCUT2D eigenvalue weighted by Crippen LogP contribution is 2.19. The molecule has 0 heterocycles. The molecular weight excluding hydrogens is 240 g/mol. The van der Waals surface area contributed by atoms with Crippen LogP contribution in [0.4, 0.5) is 0 Å². The lowest BCUT2D eigenvalue weighted by atomic mass is 10.9. The van der Waals surface area contributed by atoms with Crippen molar-refractivity contribution in [3.8, 4) is 0 Å². The fourth-order valence-corrected chi connectivity index (χ4v) is 2.52. The first-order valence-electron chi connectivity index (χ1n) is 2.54. The summed E-state index contributed by atoms with van der Waals surface area (Å²) in [6, 6.07) is 0. The molecule has 0 aliphatic heterocycles. The third-order valence-electron chi connectivity index (χ3n) is 0.601. The fourth-order valence-electron chi connectivity index (χ4n) is 0.308. The molecule has 0 bridgehead atoms. The minimum absolute atomic E-state index is 0.154. The Balaban J connectivity index is 3.44. The Labute approximate surface area is 89.8 Å². The van der Waals surface area contributed by atoms with Gasteiger partial charge in [0.25, 0.3) is 0 Å². The van der Waals surface area contributed by atoms with Gasteiger partial charge in [-0.3, -0.25) is 0 Å². The van der Waals surface area contributed by atoms with E-state index in [1.165, 1.54) is 23.5 Å². The maximum Gasteiger partial charge on any atom is 0.132 e. The van der Waals surface area contributed by atoms with Gasteiger partial charge in [-0.2, -0.15) is 0 Å². The van der Waals surface area contributed by atoms with Crippen molar-refractivity contribution in [2.75, 3.05) is 5.75 Å². The van der Waals surface area contributed by atoms with Crippen LogP contribution in [-0.4, -0.2) is 19.1 Å². The molecule has 0 radical (unpaired) electrons. The summed E-state index contributed by atoms with van der Waals surface area (Å²) in [4.78, 5) is 0. The number of alkyl halides is 1. The molecule has 0 aliphatic carbocycles. The highest BCUT2D eigenvalue weighted by molar-refractivity contribution is 8.26. The monoisotopic (exact) mass is 246 g/mol. The number of thioether (sulfide) groups is 2. The van der Waals surface area contributed by atoms with Gasteiger partial charge in [0.05, 0.1) is 4.71 Å². The van der Waals surface area contributed by atoms with Gasteiger partial charge in [0, 0.05) is 5.75 Å². The van der Waals surface area contributed by atoms with Crippen LogP contribution < -0.4 is 11.5 Å². The molecule has 1 atom stereocenters. The summed E-state index contributed by atoms with van der Waals surface area (Å²) in [5.74, 6) is 0.624. The van der Waals surface area contributed by atoms with E-state index in [2.05, 4.69) is 24.4 Å². The van der Waals surface area contributed by atoms with Crippen LogP contribution in [0, 0.1) is 0 Å². The van der Waals surface area contributed by atoms with Crippen LogP contribution in [0.1, 0.15) is 0 Å². The summed E-state index contributed by atoms with van der Waals surface area (Å²) >= 11 is 17.6. The van der Waals surface area contributed by atoms with E-state index in [0.29, 0.717) is 14.4 Å². The highest BCUT2D eigenvalue weighted by Gasteiger charge is 2.06. The number of nitrogens with two attached hydrogens (primary N) is 2. The number of rotatable bonds is 3. The molecule has 0 aromatic carbocycles. The summed E-state index contributed by atoms with van der Waals surface area (Å²) in [6.45, 7) is 0. The SMILES string of the molecule is NC(=S)SCC(Cl)SC(N)=S. The summed E-state index contributed by atoms with van der Waals surface area (Å²) < 4.78 is 0.576. The van der Waals surface area contributed by atoms with Gasteiger partial charge in [-0.1, -0.05) is 48.0 Å². The summed E-state index contributed by atoms with van der Waals surface area (Å²) in [5.41, 5.74) is 10.5. The van der Waals surface area contributed by atoms with Gasteiger partial charge in [-0.05, 0) is 0 Å². The average Bonchev–Trinajstić information content (AvgIpc) is 1.82. The molecule has 4 N–H and O–H groups in total. The van der Waals surface area contributed by atoms with Crippen molar-refractivity contribution in [1.29, 1.82) is 0 Å². The minimum atomic E-state index is -0.154. The van der Waals surface area contributed by atoms with Gasteiger partial charge in [-0.25, -0.2) is 0 Å². The van der Waals surface area contributed by atoms with E-state index in [1.807, 2.05) is 0 Å². The van der Waals surface area contributed by atoms with E-state index >= 15 is 0 Å². The average molecular weight is 247 g/mol. The van der Waals surface area contributed by atoms with Gasteiger partial charge in [-0.15, -0.1) is 11.6 Å². The Hall–Kier alpha value is 0.770. The maximum absolute atomic E-state index is 5.78. The van der Waals surface area contributed by atoms with E-state index in [4.69, 9.17) is 23.1 Å². The topological polar surface area (TPSA) is 52.0 Å². The molecule has 0 aliphatic rings. The van der Waals surface area contributed by atoms with Crippen LogP contribution in [0.3, 0.4) is 0 Å². The Morgan fingerprint density at radius 2 is 1.91 bits per heavy atom. The van der Waals surface area contributed by atoms with E-state index in [1.54, 1.807) is 0 Å². The lowest BCUT2D eigenvalue weighted by molar-refractivity contribution is 1.45. The third-order valence-corrected chi connectivity index (χ3v) is 3.50. The zero-order chi connectivity index (χ0) is 8.85. The van der Waals surface area contributed by atoms with E-state index in [9.17, 15) is 0 Å². The van der Waals surface area contributed by atoms with E-state index in [-0.39, 0.29) is 4.71 Å². The second-order valence-electron chi connectivity index (χ2n) is 1.48. The molecule has 0 rings (SSSR count). The summed E-state index contributed by atoms with van der Waals surface area (Å²) in [6.07, 6.45) is 0. The molecule has 0 amide bonds. The predicted molar refractivity (Wildman–Crippen MR) is 63.3 cm³/mol. The van der Waals surface area contributed by atoms with Crippen LogP contribution in [0.15, 0.2) is 0 Å². The number of thiocarbonyl (C=S) groups is 2. The van der Waals surface area contributed by atoms with Crippen molar-refractivity contribution in [1.82, 2.24) is 0 Å². The predicted octanol–water partition coefficient (Wildman–Crippen LogP) is 1.50. The van der Waals surface area contributed by atoms with Crippen LogP contribution in [0.5, 0.6) is 0 Å². The van der Waals surface area contributed by atoms with Crippen LogP contribution in [0.25, 0.3) is 0 Å².